The Bertz CT molecular complexity index is 741. The van der Waals surface area contributed by atoms with Gasteiger partial charge in [-0.05, 0) is 30.7 Å². The van der Waals surface area contributed by atoms with Crippen LogP contribution in [0, 0.1) is 12.8 Å². The van der Waals surface area contributed by atoms with Crippen molar-refractivity contribution in [2.75, 3.05) is 6.54 Å². The predicted octanol–water partition coefficient (Wildman–Crippen LogP) is 0.788. The quantitative estimate of drug-likeness (QED) is 0.880. The Morgan fingerprint density at radius 2 is 2.12 bits per heavy atom. The molecule has 24 heavy (non-hydrogen) atoms. The number of aromatic nitrogens is 3. The van der Waals surface area contributed by atoms with Crippen molar-refractivity contribution in [2.24, 2.45) is 13.0 Å². The predicted molar refractivity (Wildman–Crippen MR) is 87.6 cm³/mol. The Labute approximate surface area is 140 Å². The van der Waals surface area contributed by atoms with Crippen LogP contribution in [0.15, 0.2) is 30.6 Å². The van der Waals surface area contributed by atoms with E-state index in [4.69, 9.17) is 0 Å². The molecule has 1 saturated heterocycles. The van der Waals surface area contributed by atoms with Gasteiger partial charge in [-0.2, -0.15) is 5.10 Å². The molecule has 1 fully saturated rings. The van der Waals surface area contributed by atoms with Gasteiger partial charge in [0.1, 0.15) is 0 Å². The summed E-state index contributed by atoms with van der Waals surface area (Å²) >= 11 is 0. The van der Waals surface area contributed by atoms with E-state index in [1.807, 2.05) is 32.2 Å². The highest BCUT2D eigenvalue weighted by molar-refractivity contribution is 5.89. The summed E-state index contributed by atoms with van der Waals surface area (Å²) in [6.07, 6.45) is 3.67. The normalized spacial score (nSPS) is 17.3. The smallest absolute Gasteiger partial charge is 0.225 e. The van der Waals surface area contributed by atoms with E-state index >= 15 is 0 Å². The third-order valence-corrected chi connectivity index (χ3v) is 4.25. The molecule has 2 aromatic heterocycles. The molecular weight excluding hydrogens is 306 g/mol. The summed E-state index contributed by atoms with van der Waals surface area (Å²) in [6.45, 7) is 3.31. The lowest BCUT2D eigenvalue weighted by Gasteiger charge is -2.16. The molecule has 1 atom stereocenters. The van der Waals surface area contributed by atoms with Crippen LogP contribution in [0.2, 0.25) is 0 Å². The number of amides is 2. The second-order valence-corrected chi connectivity index (χ2v) is 6.15. The van der Waals surface area contributed by atoms with Crippen LogP contribution < -0.4 is 5.32 Å². The maximum Gasteiger partial charge on any atom is 0.225 e. The number of likely N-dealkylation sites (tertiary alicyclic amines) is 1. The van der Waals surface area contributed by atoms with Crippen molar-refractivity contribution in [1.82, 2.24) is 25.0 Å². The lowest BCUT2D eigenvalue weighted by atomic mass is 10.1. The largest absolute Gasteiger partial charge is 0.350 e. The second kappa shape index (κ2) is 6.82. The lowest BCUT2D eigenvalue weighted by molar-refractivity contribution is -0.129. The summed E-state index contributed by atoms with van der Waals surface area (Å²) in [4.78, 5) is 30.2. The topological polar surface area (TPSA) is 80.1 Å². The van der Waals surface area contributed by atoms with Crippen LogP contribution in [-0.2, 0) is 29.7 Å². The first-order chi connectivity index (χ1) is 11.5. The molecule has 0 bridgehead atoms. The van der Waals surface area contributed by atoms with Gasteiger partial charge in [0.15, 0.2) is 0 Å². The molecule has 7 nitrogen and oxygen atoms in total. The first-order valence-electron chi connectivity index (χ1n) is 7.97. The Morgan fingerprint density at radius 1 is 1.38 bits per heavy atom. The summed E-state index contributed by atoms with van der Waals surface area (Å²) in [5.74, 6) is -0.364. The molecule has 0 saturated carbocycles. The van der Waals surface area contributed by atoms with Crippen LogP contribution in [0.1, 0.15) is 23.4 Å². The van der Waals surface area contributed by atoms with Crippen LogP contribution in [0.3, 0.4) is 0 Å². The molecule has 2 aromatic rings. The lowest BCUT2D eigenvalue weighted by Crippen LogP contribution is -2.33. The number of hydrogen-bond donors (Lipinski definition) is 1. The molecule has 1 N–H and O–H groups in total. The molecule has 1 aliphatic heterocycles. The van der Waals surface area contributed by atoms with E-state index in [2.05, 4.69) is 15.4 Å². The van der Waals surface area contributed by atoms with Gasteiger partial charge in [0, 0.05) is 39.0 Å². The zero-order valence-electron chi connectivity index (χ0n) is 13.9. The van der Waals surface area contributed by atoms with E-state index in [9.17, 15) is 9.59 Å². The van der Waals surface area contributed by atoms with Gasteiger partial charge in [0.2, 0.25) is 11.8 Å². The summed E-state index contributed by atoms with van der Waals surface area (Å²) in [5.41, 5.74) is 2.88. The van der Waals surface area contributed by atoms with Crippen molar-refractivity contribution >= 4 is 11.8 Å². The number of hydrogen-bond acceptors (Lipinski definition) is 4. The number of pyridine rings is 1. The molecule has 1 aliphatic rings. The van der Waals surface area contributed by atoms with Crippen molar-refractivity contribution < 1.29 is 9.59 Å². The van der Waals surface area contributed by atoms with Crippen molar-refractivity contribution in [1.29, 1.82) is 0 Å². The van der Waals surface area contributed by atoms with Gasteiger partial charge in [0.25, 0.3) is 0 Å². The minimum Gasteiger partial charge on any atom is -0.350 e. The number of carbonyl (C=O) groups is 2. The zero-order chi connectivity index (χ0) is 17.1. The fourth-order valence-corrected chi connectivity index (χ4v) is 2.96. The molecule has 0 aromatic carbocycles. The van der Waals surface area contributed by atoms with Gasteiger partial charge in [-0.15, -0.1) is 0 Å². The summed E-state index contributed by atoms with van der Waals surface area (Å²) in [6, 6.07) is 5.70. The summed E-state index contributed by atoms with van der Waals surface area (Å²) < 4.78 is 1.76. The van der Waals surface area contributed by atoms with Crippen LogP contribution in [0.5, 0.6) is 0 Å². The summed E-state index contributed by atoms with van der Waals surface area (Å²) in [7, 11) is 1.85. The van der Waals surface area contributed by atoms with Crippen LogP contribution in [0.4, 0.5) is 0 Å². The third-order valence-electron chi connectivity index (χ3n) is 4.25. The number of rotatable bonds is 5. The highest BCUT2D eigenvalue weighted by Crippen LogP contribution is 2.20. The van der Waals surface area contributed by atoms with Crippen LogP contribution in [0.25, 0.3) is 0 Å². The van der Waals surface area contributed by atoms with Crippen molar-refractivity contribution in [2.45, 2.75) is 26.4 Å². The second-order valence-electron chi connectivity index (χ2n) is 6.15. The van der Waals surface area contributed by atoms with E-state index in [1.165, 1.54) is 0 Å². The molecule has 3 rings (SSSR count). The molecule has 0 aliphatic carbocycles. The zero-order valence-corrected chi connectivity index (χ0v) is 13.9. The van der Waals surface area contributed by atoms with Crippen molar-refractivity contribution in [3.8, 4) is 0 Å². The Hall–Kier alpha value is -2.70. The first-order valence-corrected chi connectivity index (χ1v) is 7.97. The number of carbonyl (C=O) groups excluding carboxylic acids is 2. The van der Waals surface area contributed by atoms with Gasteiger partial charge in [-0.25, -0.2) is 0 Å². The fraction of sp³-hybridized carbons (Fsp3) is 0.412. The molecule has 0 radical (unpaired) electrons. The van der Waals surface area contributed by atoms with Crippen molar-refractivity contribution in [3.63, 3.8) is 0 Å². The molecule has 0 spiro atoms. The summed E-state index contributed by atoms with van der Waals surface area (Å²) in [5, 5.41) is 7.17. The Morgan fingerprint density at radius 3 is 2.79 bits per heavy atom. The SMILES string of the molecule is Cc1cc(CNC(=O)C2CC(=O)N(Cc3ccncc3)C2)n(C)n1. The van der Waals surface area contributed by atoms with Gasteiger partial charge in [0.05, 0.1) is 23.9 Å². The van der Waals surface area contributed by atoms with E-state index in [0.29, 0.717) is 19.6 Å². The molecule has 2 amide bonds. The van der Waals surface area contributed by atoms with Gasteiger partial charge in [-0.3, -0.25) is 19.3 Å². The van der Waals surface area contributed by atoms with E-state index < -0.39 is 0 Å². The van der Waals surface area contributed by atoms with E-state index in [-0.39, 0.29) is 24.2 Å². The monoisotopic (exact) mass is 327 g/mol. The van der Waals surface area contributed by atoms with E-state index in [0.717, 1.165) is 17.0 Å². The molecule has 3 heterocycles. The Kier molecular flexibility index (Phi) is 4.59. The number of aryl methyl sites for hydroxylation is 2. The molecule has 126 valence electrons. The molecule has 7 heteroatoms. The average molecular weight is 327 g/mol. The molecule has 1 unspecified atom stereocenters. The minimum absolute atomic E-state index is 0.0170. The van der Waals surface area contributed by atoms with Gasteiger partial charge in [-0.1, -0.05) is 0 Å². The van der Waals surface area contributed by atoms with Gasteiger partial charge < -0.3 is 10.2 Å². The highest BCUT2D eigenvalue weighted by Gasteiger charge is 2.34. The number of nitrogens with one attached hydrogen (secondary N) is 1. The number of nitrogens with zero attached hydrogens (tertiary/aromatic N) is 4. The average Bonchev–Trinajstić information content (AvgIpc) is 3.08. The van der Waals surface area contributed by atoms with Gasteiger partial charge >= 0.3 is 0 Å². The Balaban J connectivity index is 1.55. The van der Waals surface area contributed by atoms with E-state index in [1.54, 1.807) is 22.0 Å². The highest BCUT2D eigenvalue weighted by atomic mass is 16.2. The molecular formula is C17H21N5O2. The maximum absolute atomic E-state index is 12.4. The maximum atomic E-state index is 12.4. The van der Waals surface area contributed by atoms with Crippen LogP contribution in [-0.4, -0.2) is 38.0 Å². The van der Waals surface area contributed by atoms with Crippen LogP contribution >= 0.6 is 0 Å². The third kappa shape index (κ3) is 3.61. The first kappa shape index (κ1) is 16.2. The standard InChI is InChI=1S/C17H21N5O2/c1-12-7-15(21(2)20-12)9-19-17(24)14-8-16(23)22(11-14)10-13-3-5-18-6-4-13/h3-7,14H,8-11H2,1-2H3,(H,19,24). The minimum atomic E-state index is -0.298. The fourth-order valence-electron chi connectivity index (χ4n) is 2.96. The van der Waals surface area contributed by atoms with Crippen molar-refractivity contribution in [3.05, 3.63) is 47.5 Å².